The van der Waals surface area contributed by atoms with Crippen LogP contribution in [0.5, 0.6) is 0 Å². The van der Waals surface area contributed by atoms with Gasteiger partial charge in [0, 0.05) is 22.4 Å². The van der Waals surface area contributed by atoms with Gasteiger partial charge in [-0.2, -0.15) is 0 Å². The second-order valence-corrected chi connectivity index (χ2v) is 11.4. The van der Waals surface area contributed by atoms with Crippen LogP contribution < -0.4 is 10.9 Å². The van der Waals surface area contributed by atoms with Crippen molar-refractivity contribution in [3.63, 3.8) is 0 Å². The van der Waals surface area contributed by atoms with Crippen LogP contribution in [0.25, 0.3) is 44.2 Å². The van der Waals surface area contributed by atoms with E-state index in [1.807, 2.05) is 37.3 Å². The number of anilines is 1. The molecule has 44 heavy (non-hydrogen) atoms. The van der Waals surface area contributed by atoms with Gasteiger partial charge in [0.2, 0.25) is 5.28 Å². The summed E-state index contributed by atoms with van der Waals surface area (Å²) in [6.07, 6.45) is 3.98. The van der Waals surface area contributed by atoms with Crippen LogP contribution in [0.15, 0.2) is 76.1 Å². The highest BCUT2D eigenvalue weighted by Crippen LogP contribution is 2.29. The van der Waals surface area contributed by atoms with Crippen molar-refractivity contribution in [1.29, 1.82) is 0 Å². The smallest absolute Gasteiger partial charge is 0.259 e. The Morgan fingerprint density at radius 3 is 2.36 bits per heavy atom. The Hall–Kier alpha value is -4.27. The summed E-state index contributed by atoms with van der Waals surface area (Å²) in [6, 6.07) is 20.1. The molecule has 2 N–H and O–H groups in total. The molecule has 0 aliphatic carbocycles. The maximum Gasteiger partial charge on any atom is 0.259 e. The van der Waals surface area contributed by atoms with Crippen molar-refractivity contribution in [2.24, 2.45) is 0 Å². The predicted molar refractivity (Wildman–Crippen MR) is 182 cm³/mol. The van der Waals surface area contributed by atoms with Crippen molar-refractivity contribution in [3.8, 4) is 11.4 Å². The Kier molecular flexibility index (Phi) is 9.92. The number of nitrogens with one attached hydrogen (secondary N) is 2. The van der Waals surface area contributed by atoms with Crippen LogP contribution in [0.1, 0.15) is 44.7 Å². The number of nitrogens with zero attached hydrogens (tertiary/aromatic N) is 4. The topological polar surface area (TPSA) is 99.9 Å². The van der Waals surface area contributed by atoms with E-state index in [4.69, 9.17) is 26.0 Å². The predicted octanol–water partition coefficient (Wildman–Crippen LogP) is 8.16. The maximum absolute atomic E-state index is 11.4. The van der Waals surface area contributed by atoms with Crippen LogP contribution in [0.3, 0.4) is 0 Å². The SMILES string of the molecule is CCN(CC)CCCC(C)Nc1nc(-c2ccc3occc3c2)nc2c(C)cccc12.Cc1cccc2c(=O)[nH]c(Cl)nc12. The lowest BCUT2D eigenvalue weighted by molar-refractivity contribution is 0.295. The lowest BCUT2D eigenvalue weighted by atomic mass is 10.1. The van der Waals surface area contributed by atoms with E-state index < -0.39 is 0 Å². The van der Waals surface area contributed by atoms with Crippen LogP contribution in [0.4, 0.5) is 5.82 Å². The minimum Gasteiger partial charge on any atom is -0.464 e. The van der Waals surface area contributed by atoms with Gasteiger partial charge in [0.05, 0.1) is 22.7 Å². The monoisotopic (exact) mass is 610 g/mol. The molecule has 3 aromatic carbocycles. The third-order valence-corrected chi connectivity index (χ3v) is 8.12. The number of rotatable bonds is 9. The first-order valence-electron chi connectivity index (χ1n) is 15.2. The first-order chi connectivity index (χ1) is 21.3. The molecular formula is C35H39ClN6O2. The number of para-hydroxylation sites is 2. The van der Waals surface area contributed by atoms with Crippen LogP contribution in [0.2, 0.25) is 5.28 Å². The molecule has 0 aliphatic rings. The van der Waals surface area contributed by atoms with Crippen LogP contribution in [-0.4, -0.2) is 50.5 Å². The number of fused-ring (bicyclic) bond motifs is 3. The minimum atomic E-state index is -0.196. The van der Waals surface area contributed by atoms with E-state index in [-0.39, 0.29) is 10.8 Å². The number of furan rings is 1. The largest absolute Gasteiger partial charge is 0.464 e. The number of aromatic amines is 1. The zero-order chi connectivity index (χ0) is 31.2. The highest BCUT2D eigenvalue weighted by molar-refractivity contribution is 6.28. The Morgan fingerprint density at radius 1 is 0.932 bits per heavy atom. The van der Waals surface area contributed by atoms with Crippen LogP contribution in [-0.2, 0) is 0 Å². The number of aromatic nitrogens is 4. The van der Waals surface area contributed by atoms with Gasteiger partial charge in [-0.15, -0.1) is 0 Å². The van der Waals surface area contributed by atoms with Crippen molar-refractivity contribution in [1.82, 2.24) is 24.8 Å². The van der Waals surface area contributed by atoms with E-state index in [2.05, 4.69) is 72.1 Å². The van der Waals surface area contributed by atoms with Crippen molar-refractivity contribution >= 4 is 50.2 Å². The van der Waals surface area contributed by atoms with E-state index >= 15 is 0 Å². The molecule has 0 fully saturated rings. The highest BCUT2D eigenvalue weighted by atomic mass is 35.5. The molecular weight excluding hydrogens is 572 g/mol. The number of benzene rings is 3. The van der Waals surface area contributed by atoms with Gasteiger partial charge in [-0.05, 0) is 112 Å². The molecule has 228 valence electrons. The van der Waals surface area contributed by atoms with Crippen molar-refractivity contribution in [3.05, 3.63) is 93.7 Å². The number of hydrogen-bond acceptors (Lipinski definition) is 7. The minimum absolute atomic E-state index is 0.131. The molecule has 3 aromatic heterocycles. The molecule has 1 atom stereocenters. The van der Waals surface area contributed by atoms with Gasteiger partial charge in [-0.1, -0.05) is 38.1 Å². The quantitative estimate of drug-likeness (QED) is 0.159. The van der Waals surface area contributed by atoms with E-state index in [9.17, 15) is 4.79 Å². The number of halogens is 1. The summed E-state index contributed by atoms with van der Waals surface area (Å²) in [5.41, 5.74) is 5.44. The number of hydrogen-bond donors (Lipinski definition) is 2. The third-order valence-electron chi connectivity index (χ3n) is 7.94. The molecule has 0 saturated heterocycles. The van der Waals surface area contributed by atoms with Gasteiger partial charge in [-0.25, -0.2) is 15.0 Å². The summed E-state index contributed by atoms with van der Waals surface area (Å²) in [7, 11) is 0. The van der Waals surface area contributed by atoms with Gasteiger partial charge in [0.1, 0.15) is 11.4 Å². The van der Waals surface area contributed by atoms with Crippen LogP contribution >= 0.6 is 11.6 Å². The molecule has 1 unspecified atom stereocenters. The molecule has 6 aromatic rings. The first kappa shape index (κ1) is 31.2. The fourth-order valence-electron chi connectivity index (χ4n) is 5.38. The molecule has 6 rings (SSSR count). The second-order valence-electron chi connectivity index (χ2n) is 11.1. The summed E-state index contributed by atoms with van der Waals surface area (Å²) in [4.78, 5) is 30.2. The molecule has 0 aliphatic heterocycles. The number of H-pyrrole nitrogens is 1. The standard InChI is InChI=1S/C26H32N4O.C9H7ClN2O/c1-5-30(6-2)15-8-10-19(4)27-26-22-11-7-9-18(3)24(22)28-25(29-26)21-12-13-23-20(17-21)14-16-31-23;1-5-3-2-4-6-7(5)11-9(10)12-8(6)13/h7,9,11-14,16-17,19H,5-6,8,10,15H2,1-4H3,(H,27,28,29);2-4H,1H3,(H,11,12,13). The lowest BCUT2D eigenvalue weighted by Crippen LogP contribution is -2.25. The Labute approximate surface area is 262 Å². The summed E-state index contributed by atoms with van der Waals surface area (Å²) in [5, 5.41) is 6.51. The molecule has 3 heterocycles. The number of aryl methyl sites for hydroxylation is 2. The Morgan fingerprint density at radius 2 is 1.64 bits per heavy atom. The average molecular weight is 611 g/mol. The zero-order valence-corrected chi connectivity index (χ0v) is 26.7. The summed E-state index contributed by atoms with van der Waals surface area (Å²) in [5.74, 6) is 1.65. The van der Waals surface area contributed by atoms with E-state index in [1.165, 1.54) is 6.42 Å². The molecule has 0 spiro atoms. The third kappa shape index (κ3) is 7.09. The van der Waals surface area contributed by atoms with Gasteiger partial charge >= 0.3 is 0 Å². The molecule has 0 radical (unpaired) electrons. The van der Waals surface area contributed by atoms with E-state index in [0.717, 1.165) is 76.3 Å². The molecule has 0 bridgehead atoms. The normalized spacial score (nSPS) is 12.1. The highest BCUT2D eigenvalue weighted by Gasteiger charge is 2.14. The summed E-state index contributed by atoms with van der Waals surface area (Å²) < 4.78 is 5.49. The molecule has 0 amide bonds. The summed E-state index contributed by atoms with van der Waals surface area (Å²) in [6.45, 7) is 14.0. The van der Waals surface area contributed by atoms with Crippen molar-refractivity contribution in [2.75, 3.05) is 25.0 Å². The van der Waals surface area contributed by atoms with Gasteiger partial charge in [-0.3, -0.25) is 9.78 Å². The fourth-order valence-corrected chi connectivity index (χ4v) is 5.55. The van der Waals surface area contributed by atoms with E-state index in [0.29, 0.717) is 16.9 Å². The molecule has 0 saturated carbocycles. The fraction of sp³-hybridized carbons (Fsp3) is 0.314. The summed E-state index contributed by atoms with van der Waals surface area (Å²) >= 11 is 5.63. The van der Waals surface area contributed by atoms with Gasteiger partial charge < -0.3 is 14.6 Å². The Balaban J connectivity index is 0.000000245. The Bertz CT molecular complexity index is 1950. The van der Waals surface area contributed by atoms with Gasteiger partial charge in [0.15, 0.2) is 5.82 Å². The van der Waals surface area contributed by atoms with Crippen molar-refractivity contribution < 1.29 is 4.42 Å². The average Bonchev–Trinajstić information content (AvgIpc) is 3.49. The van der Waals surface area contributed by atoms with Crippen molar-refractivity contribution in [2.45, 2.75) is 53.5 Å². The molecule has 9 heteroatoms. The first-order valence-corrected chi connectivity index (χ1v) is 15.5. The second kappa shape index (κ2) is 14.0. The van der Waals surface area contributed by atoms with Crippen LogP contribution in [0, 0.1) is 13.8 Å². The maximum atomic E-state index is 11.4. The zero-order valence-electron chi connectivity index (χ0n) is 25.9. The van der Waals surface area contributed by atoms with Gasteiger partial charge in [0.25, 0.3) is 5.56 Å². The van der Waals surface area contributed by atoms with E-state index in [1.54, 1.807) is 12.3 Å². The lowest BCUT2D eigenvalue weighted by Gasteiger charge is -2.21. The molecule has 8 nitrogen and oxygen atoms in total.